The molecule has 3 N–H and O–H groups in total. The van der Waals surface area contributed by atoms with Crippen molar-refractivity contribution in [1.82, 2.24) is 5.32 Å². The van der Waals surface area contributed by atoms with E-state index in [4.69, 9.17) is 11.6 Å². The van der Waals surface area contributed by atoms with Gasteiger partial charge in [-0.2, -0.15) is 0 Å². The average Bonchev–Trinajstić information content (AvgIpc) is 2.63. The van der Waals surface area contributed by atoms with Crippen LogP contribution in [0.2, 0.25) is 5.02 Å². The molecule has 0 bridgehead atoms. The molecule has 7 heteroatoms. The molecule has 0 saturated carbocycles. The minimum Gasteiger partial charge on any atom is -0.507 e. The zero-order chi connectivity index (χ0) is 19.1. The van der Waals surface area contributed by atoms with Crippen LogP contribution in [0.1, 0.15) is 27.9 Å². The first-order valence-corrected chi connectivity index (χ1v) is 8.44. The van der Waals surface area contributed by atoms with E-state index >= 15 is 0 Å². The summed E-state index contributed by atoms with van der Waals surface area (Å²) in [5, 5.41) is 22.4. The minimum atomic E-state index is -0.788. The minimum absolute atomic E-state index is 0.0431. The molecular formula is C19H20ClNO5. The van der Waals surface area contributed by atoms with Crippen molar-refractivity contribution in [3.05, 3.63) is 58.1 Å². The second-order valence-corrected chi connectivity index (χ2v) is 6.04. The molecular weight excluding hydrogens is 358 g/mol. The number of aromatic hydroxyl groups is 2. The largest absolute Gasteiger partial charge is 0.507 e. The molecule has 0 aliphatic heterocycles. The van der Waals surface area contributed by atoms with Gasteiger partial charge in [-0.3, -0.25) is 4.79 Å². The zero-order valence-electron chi connectivity index (χ0n) is 14.3. The number of amides is 1. The maximum Gasteiger partial charge on any atom is 0.341 e. The average molecular weight is 378 g/mol. The van der Waals surface area contributed by atoms with E-state index < -0.39 is 11.7 Å². The summed E-state index contributed by atoms with van der Waals surface area (Å²) < 4.78 is 4.63. The normalized spacial score (nSPS) is 10.4. The number of halogens is 1. The Labute approximate surface area is 156 Å². The van der Waals surface area contributed by atoms with Crippen molar-refractivity contribution in [2.75, 3.05) is 13.7 Å². The standard InChI is InChI=1S/C19H20ClNO5/c1-26-19(25)17-13(18(20)15(23)11-14(17)22)7-8-16(24)21-10-9-12-5-3-2-4-6-12/h2-6,11,22-23H,7-10H2,1H3,(H,21,24). The lowest BCUT2D eigenvalue weighted by atomic mass is 10.0. The molecule has 0 spiro atoms. The molecule has 138 valence electrons. The molecule has 26 heavy (non-hydrogen) atoms. The summed E-state index contributed by atoms with van der Waals surface area (Å²) in [6.07, 6.45) is 0.817. The van der Waals surface area contributed by atoms with Crippen LogP contribution in [0.3, 0.4) is 0 Å². The summed E-state index contributed by atoms with van der Waals surface area (Å²) in [4.78, 5) is 23.9. The maximum absolute atomic E-state index is 12.0. The summed E-state index contributed by atoms with van der Waals surface area (Å²) in [6.45, 7) is 0.478. The quantitative estimate of drug-likeness (QED) is 0.645. The number of ether oxygens (including phenoxy) is 1. The summed E-state index contributed by atoms with van der Waals surface area (Å²) >= 11 is 6.04. The van der Waals surface area contributed by atoms with Gasteiger partial charge in [0.15, 0.2) is 0 Å². The van der Waals surface area contributed by atoms with Crippen molar-refractivity contribution in [2.24, 2.45) is 0 Å². The van der Waals surface area contributed by atoms with Crippen LogP contribution in [0, 0.1) is 0 Å². The van der Waals surface area contributed by atoms with E-state index in [1.165, 1.54) is 7.11 Å². The molecule has 2 rings (SSSR count). The van der Waals surface area contributed by atoms with E-state index in [9.17, 15) is 19.8 Å². The Morgan fingerprint density at radius 2 is 1.81 bits per heavy atom. The van der Waals surface area contributed by atoms with Gasteiger partial charge >= 0.3 is 5.97 Å². The van der Waals surface area contributed by atoms with E-state index in [2.05, 4.69) is 10.1 Å². The van der Waals surface area contributed by atoms with Crippen LogP contribution in [-0.2, 0) is 22.4 Å². The molecule has 0 fully saturated rings. The van der Waals surface area contributed by atoms with E-state index in [1.807, 2.05) is 30.3 Å². The maximum atomic E-state index is 12.0. The van der Waals surface area contributed by atoms with Gasteiger partial charge in [0, 0.05) is 19.0 Å². The van der Waals surface area contributed by atoms with Gasteiger partial charge in [-0.1, -0.05) is 41.9 Å². The van der Waals surface area contributed by atoms with Gasteiger partial charge < -0.3 is 20.3 Å². The van der Waals surface area contributed by atoms with Gasteiger partial charge in [-0.25, -0.2) is 4.79 Å². The molecule has 6 nitrogen and oxygen atoms in total. The third-order valence-electron chi connectivity index (χ3n) is 3.89. The van der Waals surface area contributed by atoms with Gasteiger partial charge in [0.1, 0.15) is 17.1 Å². The van der Waals surface area contributed by atoms with Crippen molar-refractivity contribution < 1.29 is 24.5 Å². The molecule has 0 radical (unpaired) electrons. The number of carbonyl (C=O) groups is 2. The van der Waals surface area contributed by atoms with Gasteiger partial charge in [-0.15, -0.1) is 0 Å². The van der Waals surface area contributed by atoms with Crippen LogP contribution in [-0.4, -0.2) is 35.7 Å². The molecule has 2 aromatic carbocycles. The van der Waals surface area contributed by atoms with Crippen LogP contribution in [0.5, 0.6) is 11.5 Å². The highest BCUT2D eigenvalue weighted by Crippen LogP contribution is 2.37. The summed E-state index contributed by atoms with van der Waals surface area (Å²) in [5.74, 6) is -1.82. The SMILES string of the molecule is COC(=O)c1c(O)cc(O)c(Cl)c1CCC(=O)NCCc1ccccc1. The second kappa shape index (κ2) is 9.10. The molecule has 0 aromatic heterocycles. The molecule has 1 amide bonds. The Morgan fingerprint density at radius 3 is 2.46 bits per heavy atom. The van der Waals surface area contributed by atoms with Gasteiger partial charge in [0.05, 0.1) is 12.1 Å². The number of carbonyl (C=O) groups excluding carboxylic acids is 2. The first kappa shape index (κ1) is 19.6. The fourth-order valence-corrected chi connectivity index (χ4v) is 2.81. The lowest BCUT2D eigenvalue weighted by Crippen LogP contribution is -2.26. The van der Waals surface area contributed by atoms with Gasteiger partial charge in [0.2, 0.25) is 5.91 Å². The lowest BCUT2D eigenvalue weighted by Gasteiger charge is -2.13. The predicted octanol–water partition coefficient (Wildman–Crippen LogP) is 2.83. The molecule has 0 unspecified atom stereocenters. The van der Waals surface area contributed by atoms with Gasteiger partial charge in [-0.05, 0) is 24.0 Å². The van der Waals surface area contributed by atoms with E-state index in [1.54, 1.807) is 0 Å². The molecule has 0 saturated heterocycles. The van der Waals surface area contributed by atoms with Crippen molar-refractivity contribution in [1.29, 1.82) is 0 Å². The van der Waals surface area contributed by atoms with Crippen LogP contribution in [0.15, 0.2) is 36.4 Å². The third kappa shape index (κ3) is 4.89. The lowest BCUT2D eigenvalue weighted by molar-refractivity contribution is -0.121. The third-order valence-corrected chi connectivity index (χ3v) is 4.31. The van der Waals surface area contributed by atoms with Crippen molar-refractivity contribution in [2.45, 2.75) is 19.3 Å². The fourth-order valence-electron chi connectivity index (χ4n) is 2.57. The number of nitrogens with one attached hydrogen (secondary N) is 1. The first-order valence-electron chi connectivity index (χ1n) is 8.06. The van der Waals surface area contributed by atoms with Gasteiger partial charge in [0.25, 0.3) is 0 Å². The number of phenolic OH excluding ortho intramolecular Hbond substituents is 2. The number of rotatable bonds is 7. The molecule has 0 aliphatic rings. The number of hydrogen-bond donors (Lipinski definition) is 3. The monoisotopic (exact) mass is 377 g/mol. The molecule has 0 heterocycles. The topological polar surface area (TPSA) is 95.9 Å². The highest BCUT2D eigenvalue weighted by atomic mass is 35.5. The predicted molar refractivity (Wildman–Crippen MR) is 97.6 cm³/mol. The summed E-state index contributed by atoms with van der Waals surface area (Å²) in [7, 11) is 1.17. The Hall–Kier alpha value is -2.73. The van der Waals surface area contributed by atoms with Crippen LogP contribution in [0.4, 0.5) is 0 Å². The first-order chi connectivity index (χ1) is 12.4. The zero-order valence-corrected chi connectivity index (χ0v) is 15.0. The number of benzene rings is 2. The van der Waals surface area contributed by atoms with Crippen LogP contribution < -0.4 is 5.32 Å². The highest BCUT2D eigenvalue weighted by Gasteiger charge is 2.23. The fraction of sp³-hybridized carbons (Fsp3) is 0.263. The number of phenols is 2. The van der Waals surface area contributed by atoms with Crippen molar-refractivity contribution >= 4 is 23.5 Å². The van der Waals surface area contributed by atoms with E-state index in [-0.39, 0.29) is 40.6 Å². The van der Waals surface area contributed by atoms with E-state index in [0.717, 1.165) is 11.6 Å². The van der Waals surface area contributed by atoms with Crippen molar-refractivity contribution in [3.8, 4) is 11.5 Å². The van der Waals surface area contributed by atoms with Crippen LogP contribution in [0.25, 0.3) is 0 Å². The smallest absolute Gasteiger partial charge is 0.341 e. The molecule has 0 aliphatic carbocycles. The summed E-state index contributed by atoms with van der Waals surface area (Å²) in [6, 6.07) is 10.7. The number of hydrogen-bond acceptors (Lipinski definition) is 5. The van der Waals surface area contributed by atoms with Crippen molar-refractivity contribution in [3.63, 3.8) is 0 Å². The Kier molecular flexibility index (Phi) is 6.86. The molecule has 2 aromatic rings. The van der Waals surface area contributed by atoms with E-state index in [0.29, 0.717) is 13.0 Å². The Bertz CT molecular complexity index is 792. The second-order valence-electron chi connectivity index (χ2n) is 5.66. The number of esters is 1. The summed E-state index contributed by atoms with van der Waals surface area (Å²) in [5.41, 5.74) is 1.14. The van der Waals surface area contributed by atoms with Crippen LogP contribution >= 0.6 is 11.6 Å². The Morgan fingerprint density at radius 1 is 1.12 bits per heavy atom. The number of methoxy groups -OCH3 is 1. The Balaban J connectivity index is 1.99. The highest BCUT2D eigenvalue weighted by molar-refractivity contribution is 6.33. The molecule has 0 atom stereocenters.